The molecule has 4 heterocycles. The summed E-state index contributed by atoms with van der Waals surface area (Å²) in [6.45, 7) is 4.94. The van der Waals surface area contributed by atoms with Crippen molar-refractivity contribution in [3.8, 4) is 5.75 Å². The molecule has 5 rings (SSSR count). The van der Waals surface area contributed by atoms with Gasteiger partial charge in [-0.25, -0.2) is 9.78 Å². The van der Waals surface area contributed by atoms with Crippen LogP contribution in [0.1, 0.15) is 29.9 Å². The Bertz CT molecular complexity index is 1360. The molecule has 0 N–H and O–H groups in total. The maximum Gasteiger partial charge on any atom is 0.352 e. The molecule has 0 fully saturated rings. The molecule has 0 spiro atoms. The Kier molecular flexibility index (Phi) is 5.01. The maximum atomic E-state index is 15.4. The van der Waals surface area contributed by atoms with Crippen LogP contribution in [0.5, 0.6) is 5.75 Å². The standard InChI is InChI=1S/C22H23F2N5O2S/c1-13(2)8-27-10-16-18(22(23,24)11-27)17-19-25-12-26-29(19)21(30)28(20(17)32-16)9-14-4-6-15(31-3)7-5-14/h4-7,12-13H,8-11H2,1-3H3. The zero-order valence-electron chi connectivity index (χ0n) is 18.0. The first-order valence-corrected chi connectivity index (χ1v) is 11.2. The average molecular weight is 460 g/mol. The lowest BCUT2D eigenvalue weighted by atomic mass is 10.00. The van der Waals surface area contributed by atoms with Crippen LogP contribution in [0.25, 0.3) is 15.9 Å². The lowest BCUT2D eigenvalue weighted by molar-refractivity contribution is -0.0520. The maximum absolute atomic E-state index is 15.4. The van der Waals surface area contributed by atoms with Crippen molar-refractivity contribution in [3.63, 3.8) is 0 Å². The van der Waals surface area contributed by atoms with E-state index in [1.54, 1.807) is 12.0 Å². The Labute approximate surface area is 186 Å². The van der Waals surface area contributed by atoms with Crippen molar-refractivity contribution in [2.24, 2.45) is 5.92 Å². The second-order valence-electron chi connectivity index (χ2n) is 8.56. The second kappa shape index (κ2) is 7.63. The third-order valence-corrected chi connectivity index (χ3v) is 6.87. The van der Waals surface area contributed by atoms with Gasteiger partial charge < -0.3 is 4.74 Å². The summed E-state index contributed by atoms with van der Waals surface area (Å²) >= 11 is 1.25. The lowest BCUT2D eigenvalue weighted by Gasteiger charge is -2.33. The predicted molar refractivity (Wildman–Crippen MR) is 119 cm³/mol. The molecule has 4 aromatic rings. The van der Waals surface area contributed by atoms with E-state index in [1.807, 2.05) is 38.1 Å². The minimum absolute atomic E-state index is 0.0148. The number of aromatic nitrogens is 4. The van der Waals surface area contributed by atoms with Crippen molar-refractivity contribution in [2.75, 3.05) is 20.2 Å². The molecule has 0 radical (unpaired) electrons. The molecule has 0 bridgehead atoms. The van der Waals surface area contributed by atoms with Gasteiger partial charge in [0.1, 0.15) is 16.9 Å². The molecule has 10 heteroatoms. The van der Waals surface area contributed by atoms with Crippen LogP contribution >= 0.6 is 11.3 Å². The molecule has 0 aliphatic carbocycles. The predicted octanol–water partition coefficient (Wildman–Crippen LogP) is 3.73. The van der Waals surface area contributed by atoms with E-state index in [2.05, 4.69) is 10.1 Å². The van der Waals surface area contributed by atoms with E-state index in [4.69, 9.17) is 4.74 Å². The van der Waals surface area contributed by atoms with E-state index in [0.29, 0.717) is 33.9 Å². The van der Waals surface area contributed by atoms with Gasteiger partial charge in [-0.1, -0.05) is 26.0 Å². The summed E-state index contributed by atoms with van der Waals surface area (Å²) in [5.74, 6) is -2.07. The number of alkyl halides is 2. The van der Waals surface area contributed by atoms with Gasteiger partial charge in [-0.05, 0) is 23.6 Å². The van der Waals surface area contributed by atoms with E-state index >= 15 is 8.78 Å². The van der Waals surface area contributed by atoms with Gasteiger partial charge in [-0.3, -0.25) is 9.47 Å². The number of benzene rings is 1. The molecule has 0 saturated carbocycles. The smallest absolute Gasteiger partial charge is 0.352 e. The number of thiophene rings is 1. The highest BCUT2D eigenvalue weighted by Gasteiger charge is 2.44. The van der Waals surface area contributed by atoms with E-state index < -0.39 is 11.6 Å². The fraction of sp³-hybridized carbons (Fsp3) is 0.409. The first-order chi connectivity index (χ1) is 15.3. The molecular weight excluding hydrogens is 436 g/mol. The van der Waals surface area contributed by atoms with Gasteiger partial charge in [-0.15, -0.1) is 11.3 Å². The Hall–Kier alpha value is -2.85. The molecule has 1 aliphatic heterocycles. The number of fused-ring (bicyclic) bond motifs is 5. The van der Waals surface area contributed by atoms with Crippen LogP contribution in [-0.2, 0) is 19.0 Å². The highest BCUT2D eigenvalue weighted by Crippen LogP contribution is 2.46. The number of hydrogen-bond acceptors (Lipinski definition) is 6. The quantitative estimate of drug-likeness (QED) is 0.455. The Morgan fingerprint density at radius 2 is 2.00 bits per heavy atom. The van der Waals surface area contributed by atoms with Gasteiger partial charge in [0.25, 0.3) is 5.92 Å². The Morgan fingerprint density at radius 1 is 1.25 bits per heavy atom. The zero-order chi connectivity index (χ0) is 22.6. The number of nitrogens with zero attached hydrogens (tertiary/aromatic N) is 5. The van der Waals surface area contributed by atoms with Crippen LogP contribution < -0.4 is 10.4 Å². The normalized spacial score (nSPS) is 16.2. The summed E-state index contributed by atoms with van der Waals surface area (Å²) in [4.78, 5) is 20.3. The van der Waals surface area contributed by atoms with Gasteiger partial charge in [0, 0.05) is 18.0 Å². The van der Waals surface area contributed by atoms with Crippen molar-refractivity contribution >= 4 is 27.2 Å². The fourth-order valence-electron chi connectivity index (χ4n) is 4.43. The molecule has 1 aliphatic rings. The number of hydrogen-bond donors (Lipinski definition) is 0. The lowest BCUT2D eigenvalue weighted by Crippen LogP contribution is -2.41. The van der Waals surface area contributed by atoms with Crippen molar-refractivity contribution in [3.05, 3.63) is 57.1 Å². The fourth-order valence-corrected chi connectivity index (χ4v) is 5.81. The summed E-state index contributed by atoms with van der Waals surface area (Å²) in [7, 11) is 1.58. The van der Waals surface area contributed by atoms with Crippen LogP contribution in [0.2, 0.25) is 0 Å². The largest absolute Gasteiger partial charge is 0.497 e. The molecular formula is C22H23F2N5O2S. The van der Waals surface area contributed by atoms with Crippen molar-refractivity contribution in [1.82, 2.24) is 24.1 Å². The topological polar surface area (TPSA) is 64.7 Å². The number of halogens is 2. The molecule has 0 amide bonds. The van der Waals surface area contributed by atoms with E-state index in [-0.39, 0.29) is 30.2 Å². The molecule has 0 unspecified atom stereocenters. The van der Waals surface area contributed by atoms with Crippen LogP contribution in [0.15, 0.2) is 35.4 Å². The summed E-state index contributed by atoms with van der Waals surface area (Å²) in [6.07, 6.45) is 1.24. The van der Waals surface area contributed by atoms with Crippen molar-refractivity contribution < 1.29 is 13.5 Å². The average Bonchev–Trinajstić information content (AvgIpc) is 3.35. The molecule has 3 aromatic heterocycles. The molecule has 1 aromatic carbocycles. The summed E-state index contributed by atoms with van der Waals surface area (Å²) < 4.78 is 38.7. The van der Waals surface area contributed by atoms with Gasteiger partial charge in [0.05, 0.1) is 31.1 Å². The first-order valence-electron chi connectivity index (χ1n) is 10.4. The van der Waals surface area contributed by atoms with Crippen LogP contribution in [0.3, 0.4) is 0 Å². The van der Waals surface area contributed by atoms with Crippen molar-refractivity contribution in [2.45, 2.75) is 32.9 Å². The molecule has 0 atom stereocenters. The monoisotopic (exact) mass is 459 g/mol. The minimum atomic E-state index is -3.05. The van der Waals surface area contributed by atoms with E-state index in [1.165, 1.54) is 22.2 Å². The van der Waals surface area contributed by atoms with E-state index in [9.17, 15) is 4.79 Å². The van der Waals surface area contributed by atoms with Crippen LogP contribution in [0, 0.1) is 5.92 Å². The summed E-state index contributed by atoms with van der Waals surface area (Å²) in [5, 5.41) is 4.35. The number of rotatable bonds is 5. The van der Waals surface area contributed by atoms with Crippen molar-refractivity contribution in [1.29, 1.82) is 0 Å². The number of ether oxygens (including phenoxy) is 1. The Balaban J connectivity index is 1.72. The zero-order valence-corrected chi connectivity index (χ0v) is 18.8. The highest BCUT2D eigenvalue weighted by atomic mass is 32.1. The van der Waals surface area contributed by atoms with Gasteiger partial charge >= 0.3 is 5.69 Å². The minimum Gasteiger partial charge on any atom is -0.497 e. The summed E-state index contributed by atoms with van der Waals surface area (Å²) in [6, 6.07) is 7.33. The van der Waals surface area contributed by atoms with Gasteiger partial charge in [0.15, 0.2) is 5.65 Å². The highest BCUT2D eigenvalue weighted by molar-refractivity contribution is 7.19. The third-order valence-electron chi connectivity index (χ3n) is 5.67. The van der Waals surface area contributed by atoms with Gasteiger partial charge in [-0.2, -0.15) is 18.4 Å². The van der Waals surface area contributed by atoms with Gasteiger partial charge in [0.2, 0.25) is 0 Å². The van der Waals surface area contributed by atoms with Crippen LogP contribution in [-0.4, -0.2) is 44.3 Å². The van der Waals surface area contributed by atoms with E-state index in [0.717, 1.165) is 10.1 Å². The molecule has 168 valence electrons. The number of methoxy groups -OCH3 is 1. The first kappa shape index (κ1) is 21.0. The second-order valence-corrected chi connectivity index (χ2v) is 9.64. The summed E-state index contributed by atoms with van der Waals surface area (Å²) in [5.41, 5.74) is 0.624. The molecule has 7 nitrogen and oxygen atoms in total. The third kappa shape index (κ3) is 3.38. The molecule has 32 heavy (non-hydrogen) atoms. The van der Waals surface area contributed by atoms with Crippen LogP contribution in [0.4, 0.5) is 8.78 Å². The Morgan fingerprint density at radius 3 is 2.69 bits per heavy atom. The SMILES string of the molecule is COc1ccc(Cn2c(=O)n3ncnc3c3c4c(sc32)CN(CC(C)C)CC4(F)F)cc1. The molecule has 0 saturated heterocycles.